The van der Waals surface area contributed by atoms with Crippen LogP contribution < -0.4 is 14.8 Å². The molecule has 2 aromatic heterocycles. The fourth-order valence-corrected chi connectivity index (χ4v) is 3.10. The first kappa shape index (κ1) is 15.9. The minimum atomic E-state index is 0.175. The molecule has 27 heavy (non-hydrogen) atoms. The Morgan fingerprint density at radius 3 is 3.00 bits per heavy atom. The van der Waals surface area contributed by atoms with Gasteiger partial charge in [0.2, 0.25) is 0 Å². The summed E-state index contributed by atoms with van der Waals surface area (Å²) in [7, 11) is 1.62. The summed E-state index contributed by atoms with van der Waals surface area (Å²) >= 11 is 0. The van der Waals surface area contributed by atoms with Crippen LogP contribution in [0.3, 0.4) is 0 Å². The number of aromatic amines is 1. The molecular weight excluding hydrogens is 344 g/mol. The molecule has 2 N–H and O–H groups in total. The molecule has 1 aliphatic heterocycles. The van der Waals surface area contributed by atoms with Crippen molar-refractivity contribution in [3.05, 3.63) is 48.9 Å². The fraction of sp³-hybridized carbons (Fsp3) is 0.200. The van der Waals surface area contributed by atoms with E-state index in [9.17, 15) is 0 Å². The zero-order valence-corrected chi connectivity index (χ0v) is 14.7. The van der Waals surface area contributed by atoms with Gasteiger partial charge in [0.15, 0.2) is 11.5 Å². The third-order valence-electron chi connectivity index (χ3n) is 4.59. The smallest absolute Gasteiger partial charge is 0.163 e. The minimum Gasteiger partial charge on any atom is -0.493 e. The van der Waals surface area contributed by atoms with Crippen molar-refractivity contribution in [1.29, 1.82) is 0 Å². The van der Waals surface area contributed by atoms with Gasteiger partial charge in [0.05, 0.1) is 30.4 Å². The largest absolute Gasteiger partial charge is 0.493 e. The van der Waals surface area contributed by atoms with Crippen molar-refractivity contribution in [1.82, 2.24) is 15.0 Å². The summed E-state index contributed by atoms with van der Waals surface area (Å²) < 4.78 is 16.5. The SMILES string of the molecule is COc1cc2c(Nc3cccc4cc[nH]c34)ncnc2cc1OC[C@@H]1CO1. The molecule has 0 bridgehead atoms. The third-order valence-corrected chi connectivity index (χ3v) is 4.59. The van der Waals surface area contributed by atoms with E-state index < -0.39 is 0 Å². The van der Waals surface area contributed by atoms with Gasteiger partial charge in [-0.1, -0.05) is 12.1 Å². The number of ether oxygens (including phenoxy) is 3. The van der Waals surface area contributed by atoms with Crippen molar-refractivity contribution in [2.45, 2.75) is 6.10 Å². The Balaban J connectivity index is 1.55. The number of rotatable bonds is 6. The number of hydrogen-bond donors (Lipinski definition) is 2. The zero-order chi connectivity index (χ0) is 18.2. The Morgan fingerprint density at radius 2 is 2.15 bits per heavy atom. The van der Waals surface area contributed by atoms with Crippen molar-refractivity contribution in [2.24, 2.45) is 0 Å². The normalized spacial score (nSPS) is 15.8. The highest BCUT2D eigenvalue weighted by Gasteiger charge is 2.24. The van der Waals surface area contributed by atoms with Crippen LogP contribution in [0.2, 0.25) is 0 Å². The van der Waals surface area contributed by atoms with E-state index in [-0.39, 0.29) is 6.10 Å². The highest BCUT2D eigenvalue weighted by molar-refractivity contribution is 5.97. The highest BCUT2D eigenvalue weighted by Crippen LogP contribution is 2.35. The second kappa shape index (κ2) is 6.44. The Bertz CT molecular complexity index is 1120. The number of methoxy groups -OCH3 is 1. The van der Waals surface area contributed by atoms with Gasteiger partial charge in [-0.3, -0.25) is 0 Å². The van der Waals surface area contributed by atoms with Crippen molar-refractivity contribution >= 4 is 33.3 Å². The molecule has 5 rings (SSSR count). The number of nitrogens with one attached hydrogen (secondary N) is 2. The van der Waals surface area contributed by atoms with Gasteiger partial charge in [0, 0.05) is 23.0 Å². The highest BCUT2D eigenvalue weighted by atomic mass is 16.6. The first-order valence-electron chi connectivity index (χ1n) is 8.72. The van der Waals surface area contributed by atoms with Crippen molar-refractivity contribution in [2.75, 3.05) is 25.6 Å². The Hall–Kier alpha value is -3.32. The number of anilines is 2. The second-order valence-electron chi connectivity index (χ2n) is 6.38. The summed E-state index contributed by atoms with van der Waals surface area (Å²) in [5.41, 5.74) is 2.75. The zero-order valence-electron chi connectivity index (χ0n) is 14.7. The first-order chi connectivity index (χ1) is 13.3. The molecule has 0 aliphatic carbocycles. The van der Waals surface area contributed by atoms with Gasteiger partial charge in [-0.05, 0) is 18.2 Å². The molecule has 1 atom stereocenters. The van der Waals surface area contributed by atoms with Gasteiger partial charge < -0.3 is 24.5 Å². The quantitative estimate of drug-likeness (QED) is 0.510. The van der Waals surface area contributed by atoms with E-state index in [1.54, 1.807) is 13.4 Å². The lowest BCUT2D eigenvalue weighted by Crippen LogP contribution is -2.05. The molecule has 0 unspecified atom stereocenters. The summed E-state index contributed by atoms with van der Waals surface area (Å²) in [6.45, 7) is 1.25. The lowest BCUT2D eigenvalue weighted by Gasteiger charge is -2.13. The maximum absolute atomic E-state index is 5.83. The Morgan fingerprint density at radius 1 is 1.22 bits per heavy atom. The van der Waals surface area contributed by atoms with Gasteiger partial charge in [-0.25, -0.2) is 9.97 Å². The van der Waals surface area contributed by atoms with E-state index in [1.807, 2.05) is 36.5 Å². The van der Waals surface area contributed by atoms with Crippen molar-refractivity contribution < 1.29 is 14.2 Å². The number of aromatic nitrogens is 3. The molecule has 7 nitrogen and oxygen atoms in total. The molecule has 136 valence electrons. The number of nitrogens with zero attached hydrogens (tertiary/aromatic N) is 2. The van der Waals surface area contributed by atoms with Crippen LogP contribution in [0, 0.1) is 0 Å². The van der Waals surface area contributed by atoms with E-state index in [2.05, 4.69) is 26.3 Å². The van der Waals surface area contributed by atoms with Crippen LogP contribution in [0.5, 0.6) is 11.5 Å². The molecule has 0 spiro atoms. The van der Waals surface area contributed by atoms with Gasteiger partial charge >= 0.3 is 0 Å². The first-order valence-corrected chi connectivity index (χ1v) is 8.72. The van der Waals surface area contributed by atoms with E-state index in [0.29, 0.717) is 23.9 Å². The summed E-state index contributed by atoms with van der Waals surface area (Å²) in [5.74, 6) is 1.99. The van der Waals surface area contributed by atoms with E-state index >= 15 is 0 Å². The van der Waals surface area contributed by atoms with Crippen LogP contribution in [-0.2, 0) is 4.74 Å². The predicted octanol–water partition coefficient (Wildman–Crippen LogP) is 3.64. The van der Waals surface area contributed by atoms with Crippen molar-refractivity contribution in [3.63, 3.8) is 0 Å². The number of fused-ring (bicyclic) bond motifs is 2. The summed E-state index contributed by atoms with van der Waals surface area (Å²) in [5, 5.41) is 5.40. The molecule has 0 radical (unpaired) electrons. The Kier molecular flexibility index (Phi) is 3.79. The standard InChI is InChI=1S/C20H18N4O3/c1-25-17-7-14-16(8-18(17)27-10-13-9-26-13)22-11-23-20(14)24-15-4-2-3-12-5-6-21-19(12)15/h2-8,11,13,21H,9-10H2,1H3,(H,22,23,24)/t13-/m0/s1. The number of epoxide rings is 1. The average molecular weight is 362 g/mol. The van der Waals surface area contributed by atoms with Crippen LogP contribution >= 0.6 is 0 Å². The van der Waals surface area contributed by atoms with Gasteiger partial charge in [-0.2, -0.15) is 0 Å². The second-order valence-corrected chi connectivity index (χ2v) is 6.38. The Labute approximate surface area is 155 Å². The summed E-state index contributed by atoms with van der Waals surface area (Å²) in [4.78, 5) is 12.1. The van der Waals surface area contributed by atoms with Crippen LogP contribution in [0.25, 0.3) is 21.8 Å². The molecule has 3 heterocycles. The molecule has 7 heteroatoms. The number of para-hydroxylation sites is 1. The average Bonchev–Trinajstić information content (AvgIpc) is 3.40. The van der Waals surface area contributed by atoms with Crippen LogP contribution in [0.4, 0.5) is 11.5 Å². The number of H-pyrrole nitrogens is 1. The minimum absolute atomic E-state index is 0.175. The lowest BCUT2D eigenvalue weighted by atomic mass is 10.2. The molecule has 2 aromatic carbocycles. The molecule has 1 saturated heterocycles. The van der Waals surface area contributed by atoms with Gasteiger partial charge in [-0.15, -0.1) is 0 Å². The molecule has 1 aliphatic rings. The predicted molar refractivity (Wildman–Crippen MR) is 103 cm³/mol. The number of hydrogen-bond acceptors (Lipinski definition) is 6. The molecule has 1 fully saturated rings. The number of benzene rings is 2. The molecule has 0 amide bonds. The van der Waals surface area contributed by atoms with Crippen LogP contribution in [0.15, 0.2) is 48.9 Å². The van der Waals surface area contributed by atoms with Crippen LogP contribution in [-0.4, -0.2) is 41.4 Å². The van der Waals surface area contributed by atoms with Gasteiger partial charge in [0.25, 0.3) is 0 Å². The molecule has 4 aromatic rings. The van der Waals surface area contributed by atoms with E-state index in [1.165, 1.54) is 0 Å². The monoisotopic (exact) mass is 362 g/mol. The lowest BCUT2D eigenvalue weighted by molar-refractivity contribution is 0.252. The summed E-state index contributed by atoms with van der Waals surface area (Å²) in [6.07, 6.45) is 3.64. The van der Waals surface area contributed by atoms with E-state index in [0.717, 1.165) is 34.1 Å². The molecular formula is C20H18N4O3. The summed E-state index contributed by atoms with van der Waals surface area (Å²) in [6, 6.07) is 11.9. The molecule has 0 saturated carbocycles. The maximum atomic E-state index is 5.83. The topological polar surface area (TPSA) is 84.6 Å². The fourth-order valence-electron chi connectivity index (χ4n) is 3.10. The van der Waals surface area contributed by atoms with Gasteiger partial charge in [0.1, 0.15) is 24.9 Å². The van der Waals surface area contributed by atoms with Crippen LogP contribution in [0.1, 0.15) is 0 Å². The van der Waals surface area contributed by atoms with E-state index in [4.69, 9.17) is 14.2 Å². The third kappa shape index (κ3) is 3.02. The maximum Gasteiger partial charge on any atom is 0.163 e. The van der Waals surface area contributed by atoms with Crippen molar-refractivity contribution in [3.8, 4) is 11.5 Å².